The largest absolute Gasteiger partial charge is 0.276 e. The number of hydrogen-bond acceptors (Lipinski definition) is 4. The predicted octanol–water partition coefficient (Wildman–Crippen LogP) is 3.01. The molecule has 2 aromatic rings. The van der Waals surface area contributed by atoms with E-state index in [-0.39, 0.29) is 4.90 Å². The molecule has 1 aromatic heterocycles. The summed E-state index contributed by atoms with van der Waals surface area (Å²) >= 11 is 4.66. The van der Waals surface area contributed by atoms with Crippen LogP contribution >= 0.6 is 27.3 Å². The summed E-state index contributed by atoms with van der Waals surface area (Å²) in [6.45, 7) is 0. The fraction of sp³-hybridized carbons (Fsp3) is 0.267. The quantitative estimate of drug-likeness (QED) is 0.754. The van der Waals surface area contributed by atoms with Gasteiger partial charge in [-0.2, -0.15) is 0 Å². The number of aryl methyl sites for hydroxylation is 2. The van der Waals surface area contributed by atoms with Crippen LogP contribution in [0.1, 0.15) is 33.0 Å². The smallest absolute Gasteiger partial charge is 0.273 e. The van der Waals surface area contributed by atoms with Gasteiger partial charge in [-0.05, 0) is 55.5 Å². The SMILES string of the molecule is O=C(NNS(=O)(=O)c1cccc(Br)c1)c1cc2c(s1)CCCC2. The first-order chi connectivity index (χ1) is 11.0. The van der Waals surface area contributed by atoms with Crippen LogP contribution in [-0.4, -0.2) is 14.3 Å². The maximum atomic E-state index is 12.2. The van der Waals surface area contributed by atoms with Crippen molar-refractivity contribution < 1.29 is 13.2 Å². The molecule has 122 valence electrons. The number of hydrazine groups is 1. The van der Waals surface area contributed by atoms with Gasteiger partial charge in [0.05, 0.1) is 9.77 Å². The summed E-state index contributed by atoms with van der Waals surface area (Å²) in [4.78, 5) is 16.2. The zero-order chi connectivity index (χ0) is 16.4. The Hall–Kier alpha value is -1.22. The van der Waals surface area contributed by atoms with Gasteiger partial charge >= 0.3 is 0 Å². The Bertz CT molecular complexity index is 823. The van der Waals surface area contributed by atoms with Crippen LogP contribution in [-0.2, 0) is 22.9 Å². The van der Waals surface area contributed by atoms with Crippen LogP contribution in [0.3, 0.4) is 0 Å². The lowest BCUT2D eigenvalue weighted by Gasteiger charge is -2.08. The first-order valence-electron chi connectivity index (χ1n) is 7.15. The molecule has 0 saturated heterocycles. The lowest BCUT2D eigenvalue weighted by atomic mass is 9.99. The fourth-order valence-electron chi connectivity index (χ4n) is 2.47. The molecule has 0 bridgehead atoms. The number of hydrogen-bond donors (Lipinski definition) is 2. The lowest BCUT2D eigenvalue weighted by molar-refractivity contribution is 0.0949. The van der Waals surface area contributed by atoms with E-state index >= 15 is 0 Å². The third kappa shape index (κ3) is 3.82. The van der Waals surface area contributed by atoms with Crippen LogP contribution in [0.2, 0.25) is 0 Å². The summed E-state index contributed by atoms with van der Waals surface area (Å²) in [6.07, 6.45) is 4.27. The summed E-state index contributed by atoms with van der Waals surface area (Å²) in [5.41, 5.74) is 3.49. The average Bonchev–Trinajstić information content (AvgIpc) is 2.97. The molecule has 2 N–H and O–H groups in total. The minimum absolute atomic E-state index is 0.0812. The van der Waals surface area contributed by atoms with E-state index in [2.05, 4.69) is 26.2 Å². The second-order valence-corrected chi connectivity index (χ2v) is 9.02. The van der Waals surface area contributed by atoms with Crippen molar-refractivity contribution in [3.05, 3.63) is 50.1 Å². The van der Waals surface area contributed by atoms with Gasteiger partial charge in [0, 0.05) is 9.35 Å². The van der Waals surface area contributed by atoms with Crippen molar-refractivity contribution in [2.75, 3.05) is 0 Å². The molecule has 1 aliphatic carbocycles. The van der Waals surface area contributed by atoms with Gasteiger partial charge < -0.3 is 0 Å². The van der Waals surface area contributed by atoms with Crippen LogP contribution in [0.4, 0.5) is 0 Å². The number of amides is 1. The topological polar surface area (TPSA) is 75.3 Å². The minimum atomic E-state index is -3.80. The average molecular weight is 415 g/mol. The first-order valence-corrected chi connectivity index (χ1v) is 10.2. The van der Waals surface area contributed by atoms with Gasteiger partial charge in [0.1, 0.15) is 0 Å². The van der Waals surface area contributed by atoms with Crippen molar-refractivity contribution in [2.24, 2.45) is 0 Å². The highest BCUT2D eigenvalue weighted by molar-refractivity contribution is 9.10. The monoisotopic (exact) mass is 414 g/mol. The van der Waals surface area contributed by atoms with Gasteiger partial charge in [-0.15, -0.1) is 16.2 Å². The highest BCUT2D eigenvalue weighted by Crippen LogP contribution is 2.29. The zero-order valence-corrected chi connectivity index (χ0v) is 15.4. The highest BCUT2D eigenvalue weighted by atomic mass is 79.9. The molecular weight excluding hydrogens is 400 g/mol. The van der Waals surface area contributed by atoms with Crippen molar-refractivity contribution in [3.63, 3.8) is 0 Å². The molecule has 0 unspecified atom stereocenters. The van der Waals surface area contributed by atoms with Gasteiger partial charge in [-0.3, -0.25) is 10.2 Å². The number of thiophene rings is 1. The van der Waals surface area contributed by atoms with Gasteiger partial charge in [-0.25, -0.2) is 8.42 Å². The van der Waals surface area contributed by atoms with E-state index in [0.29, 0.717) is 9.35 Å². The third-order valence-electron chi connectivity index (χ3n) is 3.63. The normalized spacial score (nSPS) is 14.3. The summed E-state index contributed by atoms with van der Waals surface area (Å²) < 4.78 is 25.0. The number of sulfonamides is 1. The maximum Gasteiger partial charge on any atom is 0.276 e. The summed E-state index contributed by atoms with van der Waals surface area (Å²) in [6, 6.07) is 8.14. The Balaban J connectivity index is 1.70. The molecule has 0 fully saturated rings. The fourth-order valence-corrected chi connectivity index (χ4v) is 5.06. The number of carbonyl (C=O) groups excluding carboxylic acids is 1. The van der Waals surface area contributed by atoms with E-state index in [0.717, 1.165) is 25.7 Å². The van der Waals surface area contributed by atoms with E-state index < -0.39 is 15.9 Å². The number of benzene rings is 1. The Labute approximate surface area is 147 Å². The molecule has 5 nitrogen and oxygen atoms in total. The number of carbonyl (C=O) groups is 1. The van der Waals surface area contributed by atoms with Crippen LogP contribution in [0.15, 0.2) is 39.7 Å². The molecule has 3 rings (SSSR count). The predicted molar refractivity (Wildman–Crippen MR) is 92.9 cm³/mol. The van der Waals surface area contributed by atoms with Crippen LogP contribution in [0, 0.1) is 0 Å². The summed E-state index contributed by atoms with van der Waals surface area (Å²) in [5, 5.41) is 0. The molecule has 1 aliphatic rings. The second kappa shape index (κ2) is 6.72. The number of fused-ring (bicyclic) bond motifs is 1. The van der Waals surface area contributed by atoms with Gasteiger partial charge in [0.25, 0.3) is 15.9 Å². The molecule has 1 aromatic carbocycles. The van der Waals surface area contributed by atoms with Crippen molar-refractivity contribution >= 4 is 43.2 Å². The van der Waals surface area contributed by atoms with E-state index in [1.54, 1.807) is 12.1 Å². The van der Waals surface area contributed by atoms with Crippen LogP contribution < -0.4 is 10.3 Å². The lowest BCUT2D eigenvalue weighted by Crippen LogP contribution is -2.41. The van der Waals surface area contributed by atoms with Crippen LogP contribution in [0.25, 0.3) is 0 Å². The highest BCUT2D eigenvalue weighted by Gasteiger charge is 2.19. The molecule has 0 aliphatic heterocycles. The van der Waals surface area contributed by atoms with Gasteiger partial charge in [-0.1, -0.05) is 22.0 Å². The molecule has 1 heterocycles. The van der Waals surface area contributed by atoms with Crippen molar-refractivity contribution in [1.29, 1.82) is 0 Å². The summed E-state index contributed by atoms with van der Waals surface area (Å²) in [7, 11) is -3.80. The van der Waals surface area contributed by atoms with E-state index in [4.69, 9.17) is 0 Å². The van der Waals surface area contributed by atoms with E-state index in [9.17, 15) is 13.2 Å². The van der Waals surface area contributed by atoms with Crippen molar-refractivity contribution in [1.82, 2.24) is 10.3 Å². The molecule has 1 amide bonds. The third-order valence-corrected chi connectivity index (χ3v) is 6.60. The Morgan fingerprint density at radius 3 is 2.70 bits per heavy atom. The van der Waals surface area contributed by atoms with Gasteiger partial charge in [0.15, 0.2) is 0 Å². The molecule has 23 heavy (non-hydrogen) atoms. The maximum absolute atomic E-state index is 12.2. The minimum Gasteiger partial charge on any atom is -0.273 e. The second-order valence-electron chi connectivity index (χ2n) is 5.28. The number of rotatable bonds is 4. The van der Waals surface area contributed by atoms with Gasteiger partial charge in [0.2, 0.25) is 0 Å². The number of nitrogens with one attached hydrogen (secondary N) is 2. The molecule has 0 spiro atoms. The summed E-state index contributed by atoms with van der Waals surface area (Å²) in [5.74, 6) is -0.428. The number of halogens is 1. The van der Waals surface area contributed by atoms with Crippen molar-refractivity contribution in [3.8, 4) is 0 Å². The Kier molecular flexibility index (Phi) is 4.86. The molecule has 8 heteroatoms. The molecular formula is C15H15BrN2O3S2. The van der Waals surface area contributed by atoms with E-state index in [1.807, 2.05) is 6.07 Å². The Morgan fingerprint density at radius 2 is 1.96 bits per heavy atom. The molecule has 0 atom stereocenters. The van der Waals surface area contributed by atoms with E-state index in [1.165, 1.54) is 33.9 Å². The first kappa shape index (κ1) is 16.6. The van der Waals surface area contributed by atoms with Crippen molar-refractivity contribution in [2.45, 2.75) is 30.6 Å². The van der Waals surface area contributed by atoms with Crippen LogP contribution in [0.5, 0.6) is 0 Å². The molecule has 0 saturated carbocycles. The zero-order valence-electron chi connectivity index (χ0n) is 12.1. The standard InChI is InChI=1S/C15H15BrN2O3S2/c16-11-5-3-6-12(9-11)23(20,21)18-17-15(19)14-8-10-4-1-2-7-13(10)22-14/h3,5-6,8-9,18H,1-2,4,7H2,(H,17,19). The Morgan fingerprint density at radius 1 is 1.17 bits per heavy atom. The molecule has 0 radical (unpaired) electrons.